The van der Waals surface area contributed by atoms with Gasteiger partial charge >= 0.3 is 6.09 Å². The van der Waals surface area contributed by atoms with Crippen molar-refractivity contribution in [3.05, 3.63) is 12.4 Å². The summed E-state index contributed by atoms with van der Waals surface area (Å²) in [4.78, 5) is 41.7. The summed E-state index contributed by atoms with van der Waals surface area (Å²) in [6.07, 6.45) is 5.34. The number of aliphatic hydroxyl groups is 1. The van der Waals surface area contributed by atoms with Crippen molar-refractivity contribution in [1.29, 1.82) is 0 Å². The van der Waals surface area contributed by atoms with Gasteiger partial charge in [0.1, 0.15) is 11.9 Å². The van der Waals surface area contributed by atoms with Crippen LogP contribution in [0, 0.1) is 45.8 Å². The minimum Gasteiger partial charge on any atom is -0.445 e. The van der Waals surface area contributed by atoms with E-state index in [1.807, 2.05) is 6.92 Å². The summed E-state index contributed by atoms with van der Waals surface area (Å²) >= 11 is 0. The quantitative estimate of drug-likeness (QED) is 0.610. The number of nitrogens with zero attached hydrogens (tertiary/aromatic N) is 1. The lowest BCUT2D eigenvalue weighted by Gasteiger charge is -2.56. The fourth-order valence-corrected chi connectivity index (χ4v) is 9.66. The number of ketones is 1. The molecule has 4 bridgehead atoms. The molecule has 6 fully saturated rings. The molecule has 7 nitrogen and oxygen atoms in total. The van der Waals surface area contributed by atoms with Crippen LogP contribution in [0.5, 0.6) is 0 Å². The van der Waals surface area contributed by atoms with Gasteiger partial charge in [-0.3, -0.25) is 14.9 Å². The number of fused-ring (bicyclic) bond motifs is 2. The molecule has 1 spiro atoms. The first-order valence-electron chi connectivity index (χ1n) is 13.8. The number of Topliss-reactive ketones (excluding diaryl/α,β-unsaturated/α-hetero) is 1. The van der Waals surface area contributed by atoms with Gasteiger partial charge in [0.25, 0.3) is 0 Å². The van der Waals surface area contributed by atoms with Crippen LogP contribution in [0.25, 0.3) is 0 Å². The number of halogens is 1. The second-order valence-electron chi connectivity index (χ2n) is 13.1. The molecular formula is C28H39FN2O5. The average molecular weight is 503 g/mol. The van der Waals surface area contributed by atoms with Gasteiger partial charge in [0, 0.05) is 36.3 Å². The Morgan fingerprint density at radius 2 is 2.06 bits per heavy atom. The number of hydrogen-bond acceptors (Lipinski definition) is 6. The molecular weight excluding hydrogens is 463 g/mol. The first kappa shape index (κ1) is 24.5. The Morgan fingerprint density at radius 3 is 2.75 bits per heavy atom. The standard InChI is InChI=1S/C28H39FN2O5/c1-16-23(33)26(2,7-3-10-29)13-21(28-12-18(28)4-8-27(16)9-5-20(32)22(27)28)36-25(35)30-24(34)19-15-31-11-6-17(19)14-31/h3,10,16-19,21-23,33H,4-9,11-15H2,1-2H3,(H,30,34,35)/t16-,17+,18-,19-,21+,22?,23-,26+,27?,28-/m0/s1. The molecule has 6 aliphatic rings. The first-order valence-corrected chi connectivity index (χ1v) is 13.8. The Bertz CT molecular complexity index is 1000. The lowest BCUT2D eigenvalue weighted by atomic mass is 9.50. The lowest BCUT2D eigenvalue weighted by molar-refractivity contribution is -0.163. The van der Waals surface area contributed by atoms with Gasteiger partial charge in [-0.05, 0) is 74.7 Å². The minimum atomic E-state index is -0.770. The third kappa shape index (κ3) is 3.39. The maximum Gasteiger partial charge on any atom is 0.414 e. The van der Waals surface area contributed by atoms with Crippen LogP contribution < -0.4 is 5.32 Å². The van der Waals surface area contributed by atoms with E-state index in [1.165, 1.54) is 6.08 Å². The molecule has 2 N–H and O–H groups in total. The molecule has 36 heavy (non-hydrogen) atoms. The third-order valence-corrected chi connectivity index (χ3v) is 11.6. The van der Waals surface area contributed by atoms with E-state index >= 15 is 0 Å². The molecule has 0 radical (unpaired) electrons. The lowest BCUT2D eigenvalue weighted by Crippen LogP contribution is -2.58. The molecule has 0 aromatic carbocycles. The van der Waals surface area contributed by atoms with E-state index in [0.717, 1.165) is 45.2 Å². The van der Waals surface area contributed by atoms with Crippen LogP contribution in [-0.2, 0) is 14.3 Å². The summed E-state index contributed by atoms with van der Waals surface area (Å²) in [5, 5.41) is 14.2. The van der Waals surface area contributed by atoms with Crippen molar-refractivity contribution in [2.24, 2.45) is 45.8 Å². The van der Waals surface area contributed by atoms with E-state index in [2.05, 4.69) is 17.1 Å². The van der Waals surface area contributed by atoms with Gasteiger partial charge in [0.2, 0.25) is 5.91 Å². The number of carbonyl (C=O) groups is 3. The van der Waals surface area contributed by atoms with Crippen LogP contribution in [-0.4, -0.2) is 59.6 Å². The Labute approximate surface area is 212 Å². The number of ether oxygens (including phenoxy) is 1. The van der Waals surface area contributed by atoms with Gasteiger partial charge in [-0.15, -0.1) is 0 Å². The summed E-state index contributed by atoms with van der Waals surface area (Å²) in [6, 6.07) is 0. The van der Waals surface area contributed by atoms with E-state index in [9.17, 15) is 23.9 Å². The van der Waals surface area contributed by atoms with E-state index in [0.29, 0.717) is 38.1 Å². The second-order valence-corrected chi connectivity index (χ2v) is 13.1. The molecule has 2 heterocycles. The number of piperidine rings is 1. The van der Waals surface area contributed by atoms with Gasteiger partial charge in [-0.25, -0.2) is 9.18 Å². The smallest absolute Gasteiger partial charge is 0.414 e. The van der Waals surface area contributed by atoms with Gasteiger partial charge < -0.3 is 14.7 Å². The number of alkyl carbamates (subject to hydrolysis) is 1. The SMILES string of the molecule is C[C@H]1[C@H](O)[C@](C)(CC=CF)C[C@@H](OC(=O)NC(=O)[C@H]2CN3CC[C@@H]2C3)[C@]23C[C@@H]2CCC12CCC(=O)C23. The molecule has 2 aliphatic heterocycles. The zero-order chi connectivity index (χ0) is 25.5. The number of rotatable bonds is 4. The highest BCUT2D eigenvalue weighted by atomic mass is 19.1. The molecule has 198 valence electrons. The van der Waals surface area contributed by atoms with Gasteiger partial charge in [-0.2, -0.15) is 0 Å². The normalized spacial score (nSPS) is 50.8. The van der Waals surface area contributed by atoms with E-state index in [-0.39, 0.29) is 40.8 Å². The summed E-state index contributed by atoms with van der Waals surface area (Å²) in [7, 11) is 0. The number of amides is 2. The minimum absolute atomic E-state index is 0.116. The molecule has 2 amide bonds. The van der Waals surface area contributed by atoms with Crippen molar-refractivity contribution in [1.82, 2.24) is 10.2 Å². The maximum absolute atomic E-state index is 13.4. The van der Waals surface area contributed by atoms with Crippen molar-refractivity contribution in [3.8, 4) is 0 Å². The van der Waals surface area contributed by atoms with Gasteiger partial charge in [0.15, 0.2) is 0 Å². The van der Waals surface area contributed by atoms with E-state index in [4.69, 9.17) is 4.74 Å². The van der Waals surface area contributed by atoms with E-state index < -0.39 is 29.1 Å². The van der Waals surface area contributed by atoms with Crippen molar-refractivity contribution in [2.45, 2.75) is 77.4 Å². The van der Waals surface area contributed by atoms with Crippen LogP contribution in [0.2, 0.25) is 0 Å². The molecule has 4 saturated carbocycles. The van der Waals surface area contributed by atoms with Crippen LogP contribution >= 0.6 is 0 Å². The third-order valence-electron chi connectivity index (χ3n) is 11.6. The summed E-state index contributed by atoms with van der Waals surface area (Å²) in [5.41, 5.74) is -1.49. The summed E-state index contributed by atoms with van der Waals surface area (Å²) < 4.78 is 19.2. The first-order chi connectivity index (χ1) is 17.1. The molecule has 8 heteroatoms. The Morgan fingerprint density at radius 1 is 1.25 bits per heavy atom. The van der Waals surface area contributed by atoms with Crippen LogP contribution in [0.4, 0.5) is 9.18 Å². The number of aliphatic hydroxyl groups excluding tert-OH is 1. The zero-order valence-electron chi connectivity index (χ0n) is 21.4. The average Bonchev–Trinajstić information content (AvgIpc) is 3.13. The summed E-state index contributed by atoms with van der Waals surface area (Å²) in [6.45, 7) is 6.59. The molecule has 0 aromatic heterocycles. The van der Waals surface area contributed by atoms with Crippen molar-refractivity contribution in [2.75, 3.05) is 19.6 Å². The fraction of sp³-hybridized carbons (Fsp3) is 0.821. The Balaban J connectivity index is 1.30. The second kappa shape index (κ2) is 8.35. The predicted octanol–water partition coefficient (Wildman–Crippen LogP) is 3.61. The predicted molar refractivity (Wildman–Crippen MR) is 129 cm³/mol. The molecule has 3 unspecified atom stereocenters. The Hall–Kier alpha value is -1.80. The number of imide groups is 1. The monoisotopic (exact) mass is 502 g/mol. The molecule has 0 aromatic rings. The molecule has 4 aliphatic carbocycles. The summed E-state index contributed by atoms with van der Waals surface area (Å²) in [5.74, 6) is -0.0202. The molecule has 6 rings (SSSR count). The highest BCUT2D eigenvalue weighted by molar-refractivity contribution is 5.93. The Kier molecular flexibility index (Phi) is 5.69. The topological polar surface area (TPSA) is 95.9 Å². The van der Waals surface area contributed by atoms with Crippen molar-refractivity contribution < 1.29 is 28.6 Å². The van der Waals surface area contributed by atoms with Gasteiger partial charge in [-0.1, -0.05) is 19.9 Å². The molecule has 11 atom stereocenters. The van der Waals surface area contributed by atoms with Crippen molar-refractivity contribution >= 4 is 17.8 Å². The van der Waals surface area contributed by atoms with Crippen LogP contribution in [0.1, 0.15) is 65.2 Å². The number of nitrogens with one attached hydrogen (secondary N) is 1. The van der Waals surface area contributed by atoms with Crippen LogP contribution in [0.3, 0.4) is 0 Å². The largest absolute Gasteiger partial charge is 0.445 e. The van der Waals surface area contributed by atoms with Crippen LogP contribution in [0.15, 0.2) is 12.4 Å². The fourth-order valence-electron chi connectivity index (χ4n) is 9.66. The zero-order valence-corrected chi connectivity index (χ0v) is 21.4. The number of allylic oxidation sites excluding steroid dienone is 1. The van der Waals surface area contributed by atoms with E-state index in [1.54, 1.807) is 0 Å². The molecule has 2 saturated heterocycles. The number of hydrogen-bond donors (Lipinski definition) is 2. The van der Waals surface area contributed by atoms with Gasteiger partial charge in [0.05, 0.1) is 18.4 Å². The maximum atomic E-state index is 13.4. The highest BCUT2D eigenvalue weighted by Gasteiger charge is 2.77. The highest BCUT2D eigenvalue weighted by Crippen LogP contribution is 2.77. The number of carbonyl (C=O) groups excluding carboxylic acids is 3. The van der Waals surface area contributed by atoms with Crippen molar-refractivity contribution in [3.63, 3.8) is 0 Å².